The predicted octanol–water partition coefficient (Wildman–Crippen LogP) is 2.44. The molecule has 0 bridgehead atoms. The topological polar surface area (TPSA) is 58.6 Å². The fourth-order valence-electron chi connectivity index (χ4n) is 2.56. The number of hydrogen-bond acceptors (Lipinski definition) is 4. The van der Waals surface area contributed by atoms with Crippen molar-refractivity contribution in [3.63, 3.8) is 0 Å². The number of amides is 2. The summed E-state index contributed by atoms with van der Waals surface area (Å²) in [4.78, 5) is 25.7. The number of rotatable bonds is 5. The van der Waals surface area contributed by atoms with Crippen LogP contribution < -0.4 is 10.1 Å². The van der Waals surface area contributed by atoms with Gasteiger partial charge in [0, 0.05) is 11.1 Å². The van der Waals surface area contributed by atoms with Crippen LogP contribution in [0.5, 0.6) is 5.75 Å². The van der Waals surface area contributed by atoms with Gasteiger partial charge in [0.15, 0.2) is 0 Å². The van der Waals surface area contributed by atoms with E-state index >= 15 is 0 Å². The van der Waals surface area contributed by atoms with Crippen LogP contribution in [0.4, 0.5) is 5.69 Å². The molecule has 1 heterocycles. The molecule has 1 aromatic rings. The number of nitrogens with zero attached hydrogens (tertiary/aromatic N) is 1. The van der Waals surface area contributed by atoms with E-state index in [2.05, 4.69) is 5.32 Å². The van der Waals surface area contributed by atoms with Crippen molar-refractivity contribution in [3.8, 4) is 5.75 Å². The van der Waals surface area contributed by atoms with Crippen molar-refractivity contribution in [1.82, 2.24) is 4.90 Å². The lowest BCUT2D eigenvalue weighted by Gasteiger charge is -2.17. The summed E-state index contributed by atoms with van der Waals surface area (Å²) < 4.78 is 5.52. The van der Waals surface area contributed by atoms with E-state index in [1.807, 2.05) is 6.92 Å². The van der Waals surface area contributed by atoms with Crippen LogP contribution in [-0.2, 0) is 9.59 Å². The zero-order valence-electron chi connectivity index (χ0n) is 11.8. The first kappa shape index (κ1) is 14.2. The minimum atomic E-state index is -0.532. The molecule has 112 valence electrons. The van der Waals surface area contributed by atoms with E-state index in [-0.39, 0.29) is 24.3 Å². The summed E-state index contributed by atoms with van der Waals surface area (Å²) in [5, 5.41) is 3.66. The third kappa shape index (κ3) is 2.83. The first-order valence-electron chi connectivity index (χ1n) is 7.15. The molecule has 1 saturated carbocycles. The lowest BCUT2D eigenvalue weighted by Crippen LogP contribution is -2.36. The van der Waals surface area contributed by atoms with E-state index in [9.17, 15) is 9.59 Å². The van der Waals surface area contributed by atoms with Gasteiger partial charge in [-0.25, -0.2) is 0 Å². The summed E-state index contributed by atoms with van der Waals surface area (Å²) in [6, 6.07) is 4.78. The van der Waals surface area contributed by atoms with Crippen molar-refractivity contribution in [2.75, 3.05) is 11.9 Å². The monoisotopic (exact) mass is 308 g/mol. The van der Waals surface area contributed by atoms with E-state index in [0.29, 0.717) is 23.1 Å². The Labute approximate surface area is 128 Å². The van der Waals surface area contributed by atoms with Crippen molar-refractivity contribution < 1.29 is 14.3 Å². The highest BCUT2D eigenvalue weighted by Crippen LogP contribution is 2.34. The summed E-state index contributed by atoms with van der Waals surface area (Å²) in [5.74, 6) is 0.386. The molecule has 1 N–H and O–H groups in total. The average Bonchev–Trinajstić information content (AvgIpc) is 3.22. The molecule has 6 heteroatoms. The van der Waals surface area contributed by atoms with Crippen LogP contribution in [0.3, 0.4) is 0 Å². The van der Waals surface area contributed by atoms with Crippen molar-refractivity contribution in [3.05, 3.63) is 23.2 Å². The quantitative estimate of drug-likeness (QED) is 0.849. The predicted molar refractivity (Wildman–Crippen MR) is 79.5 cm³/mol. The number of carbonyl (C=O) groups is 2. The van der Waals surface area contributed by atoms with Crippen LogP contribution in [0.1, 0.15) is 26.2 Å². The van der Waals surface area contributed by atoms with E-state index < -0.39 is 6.04 Å². The van der Waals surface area contributed by atoms with Gasteiger partial charge >= 0.3 is 0 Å². The molecule has 0 aromatic heterocycles. The second-order valence-corrected chi connectivity index (χ2v) is 5.74. The number of ether oxygens (including phenoxy) is 1. The van der Waals surface area contributed by atoms with Gasteiger partial charge in [-0.1, -0.05) is 11.6 Å². The highest BCUT2D eigenvalue weighted by atomic mass is 35.5. The molecule has 1 aliphatic carbocycles. The molecular weight excluding hydrogens is 292 g/mol. The Morgan fingerprint density at radius 2 is 2.14 bits per heavy atom. The van der Waals surface area contributed by atoms with Gasteiger partial charge in [-0.3, -0.25) is 14.5 Å². The lowest BCUT2D eigenvalue weighted by atomic mass is 10.2. The summed E-state index contributed by atoms with van der Waals surface area (Å²) in [7, 11) is 0. The first-order valence-corrected chi connectivity index (χ1v) is 7.52. The highest BCUT2D eigenvalue weighted by Gasteiger charge is 2.46. The largest absolute Gasteiger partial charge is 0.492 e. The Bertz CT molecular complexity index is 586. The molecule has 1 atom stereocenters. The van der Waals surface area contributed by atoms with Crippen molar-refractivity contribution >= 4 is 29.1 Å². The maximum Gasteiger partial charge on any atom is 0.252 e. The molecule has 1 unspecified atom stereocenters. The second kappa shape index (κ2) is 5.56. The third-order valence-electron chi connectivity index (χ3n) is 3.67. The highest BCUT2D eigenvalue weighted by molar-refractivity contribution is 6.31. The average molecular weight is 309 g/mol. The third-order valence-corrected chi connectivity index (χ3v) is 3.90. The van der Waals surface area contributed by atoms with Crippen LogP contribution in [0.2, 0.25) is 5.02 Å². The Hall–Kier alpha value is -1.75. The molecule has 0 radical (unpaired) electrons. The second-order valence-electron chi connectivity index (χ2n) is 5.31. The maximum atomic E-state index is 12.3. The molecular formula is C15H17ClN2O3. The van der Waals surface area contributed by atoms with Crippen LogP contribution >= 0.6 is 11.6 Å². The number of nitrogens with one attached hydrogen (secondary N) is 1. The molecule has 0 spiro atoms. The van der Waals surface area contributed by atoms with E-state index in [1.54, 1.807) is 18.2 Å². The van der Waals surface area contributed by atoms with Gasteiger partial charge < -0.3 is 10.1 Å². The summed E-state index contributed by atoms with van der Waals surface area (Å²) in [6.45, 7) is 2.40. The molecule has 1 saturated heterocycles. The maximum absolute atomic E-state index is 12.3. The normalized spacial score (nSPS) is 21.8. The standard InChI is InChI=1S/C15H17ClN2O3/c1-2-21-13-6-3-9(16)7-11(13)17-12-8-14(19)18(15(12)20)10-4-5-10/h3,6-7,10,12,17H,2,4-5,8H2,1H3. The van der Waals surface area contributed by atoms with Crippen LogP contribution in [0.25, 0.3) is 0 Å². The molecule has 2 amide bonds. The lowest BCUT2D eigenvalue weighted by molar-refractivity contribution is -0.139. The van der Waals surface area contributed by atoms with Crippen LogP contribution in [0.15, 0.2) is 18.2 Å². The Balaban J connectivity index is 1.79. The van der Waals surface area contributed by atoms with Gasteiger partial charge in [0.05, 0.1) is 18.7 Å². The van der Waals surface area contributed by atoms with Crippen LogP contribution in [0, 0.1) is 0 Å². The smallest absolute Gasteiger partial charge is 0.252 e. The molecule has 1 aliphatic heterocycles. The van der Waals surface area contributed by atoms with Gasteiger partial charge in [-0.15, -0.1) is 0 Å². The van der Waals surface area contributed by atoms with Gasteiger partial charge in [0.1, 0.15) is 11.8 Å². The zero-order chi connectivity index (χ0) is 15.0. The van der Waals surface area contributed by atoms with Crippen molar-refractivity contribution in [2.24, 2.45) is 0 Å². The fourth-order valence-corrected chi connectivity index (χ4v) is 2.74. The number of imide groups is 1. The number of likely N-dealkylation sites (tertiary alicyclic amines) is 1. The molecule has 21 heavy (non-hydrogen) atoms. The zero-order valence-corrected chi connectivity index (χ0v) is 12.5. The van der Waals surface area contributed by atoms with Gasteiger partial charge in [0.2, 0.25) is 5.91 Å². The molecule has 5 nitrogen and oxygen atoms in total. The summed E-state index contributed by atoms with van der Waals surface area (Å²) in [6.07, 6.45) is 2.03. The number of halogens is 1. The number of carbonyl (C=O) groups excluding carboxylic acids is 2. The summed E-state index contributed by atoms with van der Waals surface area (Å²) >= 11 is 6.00. The molecule has 3 rings (SSSR count). The van der Waals surface area contributed by atoms with Gasteiger partial charge in [0.25, 0.3) is 5.91 Å². The van der Waals surface area contributed by atoms with Crippen molar-refractivity contribution in [1.29, 1.82) is 0 Å². The van der Waals surface area contributed by atoms with E-state index in [4.69, 9.17) is 16.3 Å². The summed E-state index contributed by atoms with van der Waals surface area (Å²) in [5.41, 5.74) is 0.646. The van der Waals surface area contributed by atoms with Crippen LogP contribution in [-0.4, -0.2) is 35.4 Å². The minimum Gasteiger partial charge on any atom is -0.492 e. The van der Waals surface area contributed by atoms with Gasteiger partial charge in [-0.05, 0) is 38.0 Å². The van der Waals surface area contributed by atoms with E-state index in [1.165, 1.54) is 4.90 Å². The SMILES string of the molecule is CCOc1ccc(Cl)cc1NC1CC(=O)N(C2CC2)C1=O. The molecule has 2 aliphatic rings. The van der Waals surface area contributed by atoms with Crippen molar-refractivity contribution in [2.45, 2.75) is 38.3 Å². The Morgan fingerprint density at radius 3 is 2.81 bits per heavy atom. The fraction of sp³-hybridized carbons (Fsp3) is 0.467. The number of hydrogen-bond donors (Lipinski definition) is 1. The number of anilines is 1. The molecule has 1 aromatic carbocycles. The minimum absolute atomic E-state index is 0.0972. The number of benzene rings is 1. The van der Waals surface area contributed by atoms with E-state index in [0.717, 1.165) is 12.8 Å². The Kier molecular flexibility index (Phi) is 3.76. The first-order chi connectivity index (χ1) is 10.1. The Morgan fingerprint density at radius 1 is 1.38 bits per heavy atom. The van der Waals surface area contributed by atoms with Gasteiger partial charge in [-0.2, -0.15) is 0 Å². The molecule has 2 fully saturated rings.